The van der Waals surface area contributed by atoms with Gasteiger partial charge in [0.15, 0.2) is 5.58 Å². The van der Waals surface area contributed by atoms with Crippen LogP contribution < -0.4 is 5.19 Å². The number of para-hydroxylation sites is 5. The van der Waals surface area contributed by atoms with Crippen molar-refractivity contribution in [2.75, 3.05) is 0 Å². The summed E-state index contributed by atoms with van der Waals surface area (Å²) in [7, 11) is -1.62. The molecule has 0 aliphatic carbocycles. The summed E-state index contributed by atoms with van der Waals surface area (Å²) in [6.45, 7) is 7.17. The minimum absolute atomic E-state index is 0.939. The Balaban J connectivity index is 1.45. The Morgan fingerprint density at radius 3 is 1.70 bits per heavy atom. The van der Waals surface area contributed by atoms with E-state index in [1.54, 1.807) is 0 Å². The Hall–Kier alpha value is -5.06. The highest BCUT2D eigenvalue weighted by molar-refractivity contribution is 6.90. The molecule has 0 saturated carbocycles. The quantitative estimate of drug-likeness (QED) is 0.194. The molecule has 3 aromatic heterocycles. The molecular formula is C39H30N2OSi. The van der Waals surface area contributed by atoms with E-state index < -0.39 is 8.07 Å². The molecule has 9 rings (SSSR count). The summed E-state index contributed by atoms with van der Waals surface area (Å²) < 4.78 is 11.7. The van der Waals surface area contributed by atoms with Crippen molar-refractivity contribution in [3.8, 4) is 11.4 Å². The van der Waals surface area contributed by atoms with Crippen molar-refractivity contribution < 1.29 is 4.42 Å². The normalized spacial score (nSPS) is 12.5. The number of benzene rings is 6. The summed E-state index contributed by atoms with van der Waals surface area (Å²) in [5.74, 6) is 0. The molecule has 0 saturated heterocycles. The van der Waals surface area contributed by atoms with Gasteiger partial charge in [0.25, 0.3) is 0 Å². The van der Waals surface area contributed by atoms with E-state index in [0.29, 0.717) is 0 Å². The van der Waals surface area contributed by atoms with Gasteiger partial charge in [-0.15, -0.1) is 0 Å². The van der Waals surface area contributed by atoms with Crippen LogP contribution in [0.2, 0.25) is 19.6 Å². The molecule has 3 nitrogen and oxygen atoms in total. The first-order chi connectivity index (χ1) is 21.0. The zero-order valence-corrected chi connectivity index (χ0v) is 25.4. The summed E-state index contributed by atoms with van der Waals surface area (Å²) in [6.07, 6.45) is 0. The standard InChI is InChI=1S/C39H30N2OSi/c1-43(2,3)37-22-12-18-29-28-17-11-21-34(38(28)42-39(29)37)41-33-20-10-8-16-27(33)31-23-30-26-15-7-9-19-32(26)40(35(30)24-36(31)41)25-13-5-4-6-14-25/h4-24H,1-3H3. The lowest BCUT2D eigenvalue weighted by atomic mass is 10.1. The van der Waals surface area contributed by atoms with E-state index in [9.17, 15) is 0 Å². The lowest BCUT2D eigenvalue weighted by molar-refractivity contribution is 0.668. The van der Waals surface area contributed by atoms with Gasteiger partial charge in [0, 0.05) is 38.0 Å². The third-order valence-corrected chi connectivity index (χ3v) is 11.0. The minimum atomic E-state index is -1.62. The van der Waals surface area contributed by atoms with E-state index in [1.165, 1.54) is 54.2 Å². The highest BCUT2D eigenvalue weighted by Gasteiger charge is 2.24. The Kier molecular flexibility index (Phi) is 4.98. The predicted molar refractivity (Wildman–Crippen MR) is 185 cm³/mol. The SMILES string of the molecule is C[Si](C)(C)c1cccc2c1oc1c(-n3c4ccccc4c4cc5c6ccccc6n(-c6ccccc6)c5cc43)cccc12. The molecule has 206 valence electrons. The number of rotatable bonds is 3. The molecule has 0 N–H and O–H groups in total. The second-order valence-corrected chi connectivity index (χ2v) is 17.7. The lowest BCUT2D eigenvalue weighted by Crippen LogP contribution is -2.37. The van der Waals surface area contributed by atoms with Gasteiger partial charge in [0.2, 0.25) is 0 Å². The van der Waals surface area contributed by atoms with E-state index in [0.717, 1.165) is 27.9 Å². The van der Waals surface area contributed by atoms with Crippen LogP contribution in [0.15, 0.2) is 132 Å². The van der Waals surface area contributed by atoms with Gasteiger partial charge in [-0.05, 0) is 47.7 Å². The molecule has 0 radical (unpaired) electrons. The van der Waals surface area contributed by atoms with Crippen molar-refractivity contribution in [1.82, 2.24) is 9.13 Å². The van der Waals surface area contributed by atoms with Crippen molar-refractivity contribution in [1.29, 1.82) is 0 Å². The molecule has 4 heteroatoms. The summed E-state index contributed by atoms with van der Waals surface area (Å²) >= 11 is 0. The highest BCUT2D eigenvalue weighted by atomic mass is 28.3. The second-order valence-electron chi connectivity index (χ2n) is 12.6. The summed E-state index contributed by atoms with van der Waals surface area (Å²) in [5, 5.41) is 8.74. The van der Waals surface area contributed by atoms with Crippen LogP contribution in [-0.2, 0) is 0 Å². The Morgan fingerprint density at radius 2 is 1.00 bits per heavy atom. The van der Waals surface area contributed by atoms with Gasteiger partial charge in [-0.2, -0.15) is 0 Å². The summed E-state index contributed by atoms with van der Waals surface area (Å²) in [4.78, 5) is 0. The number of nitrogens with zero attached hydrogens (tertiary/aromatic N) is 2. The van der Waals surface area contributed by atoms with Gasteiger partial charge in [-0.25, -0.2) is 0 Å². The predicted octanol–water partition coefficient (Wildman–Crippen LogP) is 10.3. The third kappa shape index (κ3) is 3.41. The zero-order chi connectivity index (χ0) is 28.9. The van der Waals surface area contributed by atoms with E-state index in [1.807, 2.05) is 0 Å². The fraction of sp³-hybridized carbons (Fsp3) is 0.0769. The number of furan rings is 1. The van der Waals surface area contributed by atoms with Gasteiger partial charge in [0.05, 0.1) is 35.8 Å². The molecule has 0 spiro atoms. The fourth-order valence-corrected chi connectivity index (χ4v) is 8.58. The van der Waals surface area contributed by atoms with Gasteiger partial charge >= 0.3 is 0 Å². The van der Waals surface area contributed by atoms with Crippen LogP contribution in [0.4, 0.5) is 0 Å². The molecule has 0 fully saturated rings. The van der Waals surface area contributed by atoms with Crippen LogP contribution in [0.5, 0.6) is 0 Å². The van der Waals surface area contributed by atoms with E-state index in [2.05, 4.69) is 156 Å². The largest absolute Gasteiger partial charge is 0.454 e. The minimum Gasteiger partial charge on any atom is -0.454 e. The maximum Gasteiger partial charge on any atom is 0.159 e. The first-order valence-electron chi connectivity index (χ1n) is 15.0. The first-order valence-corrected chi connectivity index (χ1v) is 18.5. The van der Waals surface area contributed by atoms with Crippen molar-refractivity contribution in [3.05, 3.63) is 127 Å². The zero-order valence-electron chi connectivity index (χ0n) is 24.4. The number of hydrogen-bond donors (Lipinski definition) is 0. The average molecular weight is 571 g/mol. The number of hydrogen-bond acceptors (Lipinski definition) is 1. The molecule has 0 bridgehead atoms. The van der Waals surface area contributed by atoms with Crippen molar-refractivity contribution in [2.24, 2.45) is 0 Å². The molecule has 0 aliphatic rings. The number of aromatic nitrogens is 2. The smallest absolute Gasteiger partial charge is 0.159 e. The Labute approximate surface area is 250 Å². The van der Waals surface area contributed by atoms with Crippen molar-refractivity contribution >= 4 is 78.8 Å². The van der Waals surface area contributed by atoms with E-state index in [4.69, 9.17) is 4.42 Å². The molecule has 43 heavy (non-hydrogen) atoms. The maximum atomic E-state index is 6.90. The van der Waals surface area contributed by atoms with Crippen molar-refractivity contribution in [3.63, 3.8) is 0 Å². The topological polar surface area (TPSA) is 23.0 Å². The second kappa shape index (κ2) is 8.73. The van der Waals surface area contributed by atoms with Crippen LogP contribution in [0.1, 0.15) is 0 Å². The number of fused-ring (bicyclic) bond motifs is 9. The molecule has 6 aromatic carbocycles. The van der Waals surface area contributed by atoms with E-state index >= 15 is 0 Å². The summed E-state index contributed by atoms with van der Waals surface area (Å²) in [5.41, 5.74) is 8.97. The van der Waals surface area contributed by atoms with Gasteiger partial charge in [-0.1, -0.05) is 105 Å². The molecular weight excluding hydrogens is 541 g/mol. The van der Waals surface area contributed by atoms with Gasteiger partial charge in [-0.3, -0.25) is 0 Å². The van der Waals surface area contributed by atoms with Crippen LogP contribution in [0.25, 0.3) is 76.9 Å². The Bertz CT molecular complexity index is 2540. The monoisotopic (exact) mass is 570 g/mol. The summed E-state index contributed by atoms with van der Waals surface area (Å²) in [6, 6.07) is 46.2. The molecule has 3 heterocycles. The Morgan fingerprint density at radius 1 is 0.442 bits per heavy atom. The van der Waals surface area contributed by atoms with E-state index in [-0.39, 0.29) is 0 Å². The molecule has 0 unspecified atom stereocenters. The third-order valence-electron chi connectivity index (χ3n) is 9.03. The van der Waals surface area contributed by atoms with Gasteiger partial charge in [0.1, 0.15) is 5.58 Å². The molecule has 0 amide bonds. The van der Waals surface area contributed by atoms with Crippen LogP contribution in [-0.4, -0.2) is 17.2 Å². The first kappa shape index (κ1) is 24.5. The van der Waals surface area contributed by atoms with Gasteiger partial charge < -0.3 is 13.6 Å². The highest BCUT2D eigenvalue weighted by Crippen LogP contribution is 2.41. The van der Waals surface area contributed by atoms with Crippen LogP contribution >= 0.6 is 0 Å². The van der Waals surface area contributed by atoms with Crippen LogP contribution in [0, 0.1) is 0 Å². The average Bonchev–Trinajstić information content (AvgIpc) is 3.67. The molecule has 0 atom stereocenters. The molecule has 9 aromatic rings. The maximum absolute atomic E-state index is 6.90. The molecule has 0 aliphatic heterocycles. The van der Waals surface area contributed by atoms with Crippen LogP contribution in [0.3, 0.4) is 0 Å². The fourth-order valence-electron chi connectivity index (χ4n) is 7.12. The van der Waals surface area contributed by atoms with Crippen molar-refractivity contribution in [2.45, 2.75) is 19.6 Å². The lowest BCUT2D eigenvalue weighted by Gasteiger charge is -2.16.